The Morgan fingerprint density at radius 3 is 2.50 bits per heavy atom. The number of benzene rings is 1. The summed E-state index contributed by atoms with van der Waals surface area (Å²) >= 11 is 0. The molecule has 1 saturated heterocycles. The standard InChI is InChI=1S/C10H8F3NO2/c11-6-2-8(13)7(12)1-5(6)9-3-14-10(15)4-16-9/h1-2,9H,3-4H2,(H,14,15)/t9-/m1/s1. The van der Waals surface area contributed by atoms with Gasteiger partial charge in [-0.2, -0.15) is 0 Å². The number of hydrogen-bond donors (Lipinski definition) is 1. The molecule has 0 aromatic heterocycles. The van der Waals surface area contributed by atoms with Gasteiger partial charge in [-0.15, -0.1) is 0 Å². The van der Waals surface area contributed by atoms with Gasteiger partial charge in [0.1, 0.15) is 18.5 Å². The van der Waals surface area contributed by atoms with Gasteiger partial charge in [-0.1, -0.05) is 0 Å². The van der Waals surface area contributed by atoms with Crippen molar-refractivity contribution in [2.45, 2.75) is 6.10 Å². The summed E-state index contributed by atoms with van der Waals surface area (Å²) in [6, 6.07) is 1.21. The normalized spacial score (nSPS) is 20.7. The van der Waals surface area contributed by atoms with Crippen molar-refractivity contribution in [3.63, 3.8) is 0 Å². The zero-order chi connectivity index (χ0) is 11.7. The van der Waals surface area contributed by atoms with Crippen LogP contribution in [-0.2, 0) is 9.53 Å². The maximum Gasteiger partial charge on any atom is 0.246 e. The van der Waals surface area contributed by atoms with Gasteiger partial charge in [0.25, 0.3) is 0 Å². The molecule has 0 spiro atoms. The molecule has 86 valence electrons. The average molecular weight is 231 g/mol. The van der Waals surface area contributed by atoms with Crippen molar-refractivity contribution in [2.75, 3.05) is 13.2 Å². The SMILES string of the molecule is O=C1CO[C@@H](c2cc(F)c(F)cc2F)CN1. The molecule has 6 heteroatoms. The van der Waals surface area contributed by atoms with E-state index in [1.807, 2.05) is 0 Å². The van der Waals surface area contributed by atoms with E-state index in [4.69, 9.17) is 4.74 Å². The van der Waals surface area contributed by atoms with E-state index in [9.17, 15) is 18.0 Å². The molecule has 0 bridgehead atoms. The van der Waals surface area contributed by atoms with Crippen molar-refractivity contribution >= 4 is 5.91 Å². The number of morpholine rings is 1. The quantitative estimate of drug-likeness (QED) is 0.739. The molecule has 1 aliphatic rings. The fourth-order valence-electron chi connectivity index (χ4n) is 1.48. The Kier molecular flexibility index (Phi) is 2.82. The zero-order valence-corrected chi connectivity index (χ0v) is 8.10. The Balaban J connectivity index is 2.26. The molecule has 16 heavy (non-hydrogen) atoms. The second kappa shape index (κ2) is 4.13. The molecule has 0 unspecified atom stereocenters. The Bertz CT molecular complexity index is 426. The second-order valence-electron chi connectivity index (χ2n) is 3.39. The van der Waals surface area contributed by atoms with Crippen LogP contribution in [0, 0.1) is 17.5 Å². The topological polar surface area (TPSA) is 38.3 Å². The van der Waals surface area contributed by atoms with Crippen LogP contribution in [0.25, 0.3) is 0 Å². The maximum absolute atomic E-state index is 13.3. The minimum atomic E-state index is -1.25. The predicted octanol–water partition coefficient (Wildman–Crippen LogP) is 1.29. The largest absolute Gasteiger partial charge is 0.362 e. The van der Waals surface area contributed by atoms with Gasteiger partial charge in [0, 0.05) is 18.2 Å². The van der Waals surface area contributed by atoms with Crippen molar-refractivity contribution in [1.82, 2.24) is 5.32 Å². The van der Waals surface area contributed by atoms with E-state index >= 15 is 0 Å². The molecule has 0 saturated carbocycles. The van der Waals surface area contributed by atoms with Crippen LogP contribution >= 0.6 is 0 Å². The minimum absolute atomic E-state index is 0.0425. The summed E-state index contributed by atoms with van der Waals surface area (Å²) in [7, 11) is 0. The lowest BCUT2D eigenvalue weighted by molar-refractivity contribution is -0.133. The number of nitrogens with one attached hydrogen (secondary N) is 1. The smallest absolute Gasteiger partial charge is 0.246 e. The van der Waals surface area contributed by atoms with Gasteiger partial charge in [0.15, 0.2) is 11.6 Å². The number of carbonyl (C=O) groups excluding carboxylic acids is 1. The third-order valence-electron chi connectivity index (χ3n) is 2.29. The van der Waals surface area contributed by atoms with Crippen LogP contribution in [0.2, 0.25) is 0 Å². The van der Waals surface area contributed by atoms with E-state index in [2.05, 4.69) is 5.32 Å². The van der Waals surface area contributed by atoms with Crippen molar-refractivity contribution < 1.29 is 22.7 Å². The van der Waals surface area contributed by atoms with Gasteiger partial charge in [0.05, 0.1) is 0 Å². The first-order valence-electron chi connectivity index (χ1n) is 4.60. The highest BCUT2D eigenvalue weighted by Crippen LogP contribution is 2.24. The van der Waals surface area contributed by atoms with Crippen molar-refractivity contribution in [2.24, 2.45) is 0 Å². The molecule has 1 aromatic rings. The van der Waals surface area contributed by atoms with E-state index < -0.39 is 23.6 Å². The molecule has 1 heterocycles. The number of amides is 1. The number of hydrogen-bond acceptors (Lipinski definition) is 2. The number of ether oxygens (including phenoxy) is 1. The van der Waals surface area contributed by atoms with Gasteiger partial charge < -0.3 is 10.1 Å². The third-order valence-corrected chi connectivity index (χ3v) is 2.29. The summed E-state index contributed by atoms with van der Waals surface area (Å²) in [6.45, 7) is -0.177. The van der Waals surface area contributed by atoms with E-state index in [1.165, 1.54) is 0 Å². The molecular weight excluding hydrogens is 223 g/mol. The Morgan fingerprint density at radius 2 is 1.88 bits per heavy atom. The lowest BCUT2D eigenvalue weighted by atomic mass is 10.1. The molecule has 0 aliphatic carbocycles. The molecular formula is C10H8F3NO2. The second-order valence-corrected chi connectivity index (χ2v) is 3.39. The van der Waals surface area contributed by atoms with Crippen molar-refractivity contribution in [1.29, 1.82) is 0 Å². The van der Waals surface area contributed by atoms with Crippen LogP contribution in [0.15, 0.2) is 12.1 Å². The zero-order valence-electron chi connectivity index (χ0n) is 8.10. The Morgan fingerprint density at radius 1 is 1.19 bits per heavy atom. The minimum Gasteiger partial charge on any atom is -0.362 e. The summed E-state index contributed by atoms with van der Waals surface area (Å²) < 4.78 is 43.9. The number of rotatable bonds is 1. The fraction of sp³-hybridized carbons (Fsp3) is 0.300. The van der Waals surface area contributed by atoms with Crippen LogP contribution in [0.1, 0.15) is 11.7 Å². The van der Waals surface area contributed by atoms with Gasteiger partial charge >= 0.3 is 0 Å². The molecule has 2 rings (SSSR count). The van der Waals surface area contributed by atoms with Gasteiger partial charge in [-0.25, -0.2) is 13.2 Å². The summed E-state index contributed by atoms with van der Waals surface area (Å²) in [5, 5.41) is 2.45. The molecule has 1 N–H and O–H groups in total. The highest BCUT2D eigenvalue weighted by Gasteiger charge is 2.24. The van der Waals surface area contributed by atoms with Gasteiger partial charge in [-0.3, -0.25) is 4.79 Å². The molecule has 0 radical (unpaired) electrons. The summed E-state index contributed by atoms with van der Waals surface area (Å²) in [5.41, 5.74) is -0.0982. The van der Waals surface area contributed by atoms with E-state index in [-0.39, 0.29) is 24.6 Å². The monoisotopic (exact) mass is 231 g/mol. The van der Waals surface area contributed by atoms with Gasteiger partial charge in [0.2, 0.25) is 5.91 Å². The van der Waals surface area contributed by atoms with Crippen LogP contribution in [0.3, 0.4) is 0 Å². The molecule has 1 aliphatic heterocycles. The first-order chi connectivity index (χ1) is 7.58. The predicted molar refractivity (Wildman–Crippen MR) is 48.0 cm³/mol. The van der Waals surface area contributed by atoms with Gasteiger partial charge in [-0.05, 0) is 6.07 Å². The first kappa shape index (κ1) is 10.9. The Hall–Kier alpha value is -1.56. The van der Waals surface area contributed by atoms with E-state index in [0.717, 1.165) is 6.07 Å². The first-order valence-corrected chi connectivity index (χ1v) is 4.60. The van der Waals surface area contributed by atoms with Crippen molar-refractivity contribution in [3.05, 3.63) is 35.1 Å². The summed E-state index contributed by atoms with van der Waals surface area (Å²) in [6.07, 6.45) is -0.784. The van der Waals surface area contributed by atoms with Crippen molar-refractivity contribution in [3.8, 4) is 0 Å². The van der Waals surface area contributed by atoms with Crippen LogP contribution < -0.4 is 5.32 Å². The highest BCUT2D eigenvalue weighted by molar-refractivity contribution is 5.77. The number of carbonyl (C=O) groups is 1. The molecule has 1 fully saturated rings. The van der Waals surface area contributed by atoms with Crippen LogP contribution in [0.5, 0.6) is 0 Å². The fourth-order valence-corrected chi connectivity index (χ4v) is 1.48. The van der Waals surface area contributed by atoms with E-state index in [0.29, 0.717) is 6.07 Å². The molecule has 1 atom stereocenters. The van der Waals surface area contributed by atoms with E-state index in [1.54, 1.807) is 0 Å². The van der Waals surface area contributed by atoms with Crippen LogP contribution in [0.4, 0.5) is 13.2 Å². The maximum atomic E-state index is 13.3. The molecule has 1 aromatic carbocycles. The highest BCUT2D eigenvalue weighted by atomic mass is 19.2. The van der Waals surface area contributed by atoms with Crippen LogP contribution in [-0.4, -0.2) is 19.1 Å². The summed E-state index contributed by atoms with van der Waals surface area (Å²) in [5.74, 6) is -3.60. The number of halogens is 3. The summed E-state index contributed by atoms with van der Waals surface area (Å²) in [4.78, 5) is 10.8. The lowest BCUT2D eigenvalue weighted by Gasteiger charge is -2.23. The lowest BCUT2D eigenvalue weighted by Crippen LogP contribution is -2.39. The molecule has 3 nitrogen and oxygen atoms in total. The molecule has 1 amide bonds. The third kappa shape index (κ3) is 2.01. The average Bonchev–Trinajstić information content (AvgIpc) is 2.25. The Labute approximate surface area is 89.2 Å².